The van der Waals surface area contributed by atoms with Crippen LogP contribution in [0.5, 0.6) is 0 Å². The van der Waals surface area contributed by atoms with Crippen molar-refractivity contribution in [3.63, 3.8) is 0 Å². The number of aliphatic hydroxyl groups excluding tert-OH is 1. The Morgan fingerprint density at radius 2 is 2.06 bits per heavy atom. The predicted molar refractivity (Wildman–Crippen MR) is 64.2 cm³/mol. The molecule has 0 radical (unpaired) electrons. The van der Waals surface area contributed by atoms with E-state index in [2.05, 4.69) is 26.1 Å². The van der Waals surface area contributed by atoms with E-state index in [1.165, 1.54) is 0 Å². The highest BCUT2D eigenvalue weighted by molar-refractivity contribution is 5.76. The Bertz CT molecular complexity index is 199. The molecule has 0 aromatic carbocycles. The highest BCUT2D eigenvalue weighted by Crippen LogP contribution is 2.20. The Labute approximate surface area is 98.4 Å². The normalized spacial score (nSPS) is 13.6. The van der Waals surface area contributed by atoms with Crippen molar-refractivity contribution in [1.29, 1.82) is 0 Å². The van der Waals surface area contributed by atoms with Gasteiger partial charge in [0.15, 0.2) is 0 Å². The molecule has 0 aliphatic heterocycles. The maximum absolute atomic E-state index is 11.5. The van der Waals surface area contributed by atoms with Crippen LogP contribution < -0.4 is 5.32 Å². The molecule has 0 saturated carbocycles. The third-order valence-corrected chi connectivity index (χ3v) is 2.12. The highest BCUT2D eigenvalue weighted by atomic mass is 16.5. The Morgan fingerprint density at radius 1 is 1.44 bits per heavy atom. The van der Waals surface area contributed by atoms with E-state index in [0.29, 0.717) is 19.6 Å². The third-order valence-electron chi connectivity index (χ3n) is 2.12. The lowest BCUT2D eigenvalue weighted by molar-refractivity contribution is -0.123. The summed E-state index contributed by atoms with van der Waals surface area (Å²) in [4.78, 5) is 11.5. The number of carbonyl (C=O) groups excluding carboxylic acids is 1. The van der Waals surface area contributed by atoms with E-state index in [1.807, 2.05) is 6.92 Å². The van der Waals surface area contributed by atoms with Gasteiger partial charge in [-0.2, -0.15) is 0 Å². The molecule has 0 aliphatic rings. The van der Waals surface area contributed by atoms with Crippen LogP contribution in [0.2, 0.25) is 0 Å². The van der Waals surface area contributed by atoms with E-state index in [9.17, 15) is 4.79 Å². The summed E-state index contributed by atoms with van der Waals surface area (Å²) in [7, 11) is 0. The summed E-state index contributed by atoms with van der Waals surface area (Å²) in [5, 5.41) is 12.0. The van der Waals surface area contributed by atoms with Crippen LogP contribution in [0.15, 0.2) is 0 Å². The number of ether oxygens (including phenoxy) is 1. The average molecular weight is 231 g/mol. The van der Waals surface area contributed by atoms with E-state index in [4.69, 9.17) is 9.84 Å². The zero-order chi connectivity index (χ0) is 12.6. The van der Waals surface area contributed by atoms with Gasteiger partial charge >= 0.3 is 0 Å². The molecule has 0 saturated heterocycles. The van der Waals surface area contributed by atoms with Crippen LogP contribution in [0.1, 0.15) is 40.5 Å². The summed E-state index contributed by atoms with van der Waals surface area (Å²) in [6.07, 6.45) is 1.12. The average Bonchev–Trinajstić information content (AvgIpc) is 2.15. The smallest absolute Gasteiger partial charge is 0.222 e. The van der Waals surface area contributed by atoms with Gasteiger partial charge in [-0.25, -0.2) is 0 Å². The van der Waals surface area contributed by atoms with E-state index in [0.717, 1.165) is 6.42 Å². The monoisotopic (exact) mass is 231 g/mol. The van der Waals surface area contributed by atoms with Gasteiger partial charge in [-0.15, -0.1) is 0 Å². The second-order valence-electron chi connectivity index (χ2n) is 5.16. The lowest BCUT2D eigenvalue weighted by Crippen LogP contribution is -2.40. The van der Waals surface area contributed by atoms with Crippen LogP contribution in [-0.4, -0.2) is 36.9 Å². The van der Waals surface area contributed by atoms with Crippen molar-refractivity contribution in [2.45, 2.75) is 46.6 Å². The largest absolute Gasteiger partial charge is 0.394 e. The first-order chi connectivity index (χ1) is 7.39. The standard InChI is InChI=1S/C12H25NO3/c1-5-16-7-6-11(15)13-10(9-14)8-12(2,3)4/h10,14H,5-9H2,1-4H3,(H,13,15). The third kappa shape index (κ3) is 8.68. The van der Waals surface area contributed by atoms with Crippen molar-refractivity contribution >= 4 is 5.91 Å². The van der Waals surface area contributed by atoms with Gasteiger partial charge in [0.25, 0.3) is 0 Å². The minimum Gasteiger partial charge on any atom is -0.394 e. The molecule has 0 spiro atoms. The summed E-state index contributed by atoms with van der Waals surface area (Å²) in [6, 6.07) is -0.158. The summed E-state index contributed by atoms with van der Waals surface area (Å²) < 4.78 is 5.10. The molecule has 2 N–H and O–H groups in total. The Kier molecular flexibility index (Phi) is 7.34. The molecule has 0 fully saturated rings. The van der Waals surface area contributed by atoms with Gasteiger partial charge in [-0.1, -0.05) is 20.8 Å². The maximum Gasteiger partial charge on any atom is 0.222 e. The van der Waals surface area contributed by atoms with E-state index in [-0.39, 0.29) is 24.0 Å². The molecule has 4 nitrogen and oxygen atoms in total. The number of aliphatic hydroxyl groups is 1. The highest BCUT2D eigenvalue weighted by Gasteiger charge is 2.19. The van der Waals surface area contributed by atoms with Crippen molar-refractivity contribution in [2.24, 2.45) is 5.41 Å². The van der Waals surface area contributed by atoms with Gasteiger partial charge in [0.2, 0.25) is 5.91 Å². The number of hydrogen-bond donors (Lipinski definition) is 2. The van der Waals surface area contributed by atoms with Gasteiger partial charge in [0.1, 0.15) is 0 Å². The molecule has 0 aliphatic carbocycles. The molecule has 1 amide bonds. The Morgan fingerprint density at radius 3 is 2.50 bits per heavy atom. The number of carbonyl (C=O) groups is 1. The second-order valence-corrected chi connectivity index (χ2v) is 5.16. The van der Waals surface area contributed by atoms with Crippen molar-refractivity contribution in [3.8, 4) is 0 Å². The summed E-state index contributed by atoms with van der Waals surface area (Å²) >= 11 is 0. The summed E-state index contributed by atoms with van der Waals surface area (Å²) in [5.74, 6) is -0.0586. The molecule has 1 atom stereocenters. The van der Waals surface area contributed by atoms with Crippen molar-refractivity contribution in [1.82, 2.24) is 5.32 Å². The molecule has 4 heteroatoms. The van der Waals surface area contributed by atoms with E-state index < -0.39 is 0 Å². The van der Waals surface area contributed by atoms with Gasteiger partial charge in [0, 0.05) is 13.0 Å². The lowest BCUT2D eigenvalue weighted by atomic mass is 9.88. The van der Waals surface area contributed by atoms with Crippen molar-refractivity contribution in [3.05, 3.63) is 0 Å². The van der Waals surface area contributed by atoms with Crippen LogP contribution in [0.3, 0.4) is 0 Å². The van der Waals surface area contributed by atoms with Crippen LogP contribution in [0.4, 0.5) is 0 Å². The van der Waals surface area contributed by atoms with Crippen LogP contribution >= 0.6 is 0 Å². The van der Waals surface area contributed by atoms with E-state index in [1.54, 1.807) is 0 Å². The molecule has 1 unspecified atom stereocenters. The number of nitrogens with one attached hydrogen (secondary N) is 1. The fourth-order valence-corrected chi connectivity index (χ4v) is 1.51. The zero-order valence-electron chi connectivity index (χ0n) is 10.9. The first-order valence-electron chi connectivity index (χ1n) is 5.87. The number of hydrogen-bond acceptors (Lipinski definition) is 3. The Hall–Kier alpha value is -0.610. The summed E-state index contributed by atoms with van der Waals surface area (Å²) in [6.45, 7) is 9.20. The molecule has 0 bridgehead atoms. The minimum absolute atomic E-state index is 0.0162. The first-order valence-corrected chi connectivity index (χ1v) is 5.87. The fraction of sp³-hybridized carbons (Fsp3) is 0.917. The van der Waals surface area contributed by atoms with Gasteiger partial charge in [0.05, 0.1) is 19.3 Å². The Balaban J connectivity index is 3.88. The quantitative estimate of drug-likeness (QED) is 0.650. The molecule has 96 valence electrons. The second kappa shape index (κ2) is 7.63. The maximum atomic E-state index is 11.5. The zero-order valence-corrected chi connectivity index (χ0v) is 10.9. The van der Waals surface area contributed by atoms with Crippen molar-refractivity contribution < 1.29 is 14.6 Å². The molecule has 0 rings (SSSR count). The fourth-order valence-electron chi connectivity index (χ4n) is 1.51. The first kappa shape index (κ1) is 15.4. The number of rotatable bonds is 7. The molecule has 0 heterocycles. The SMILES string of the molecule is CCOCCC(=O)NC(CO)CC(C)(C)C. The van der Waals surface area contributed by atoms with Crippen LogP contribution in [0, 0.1) is 5.41 Å². The van der Waals surface area contributed by atoms with Gasteiger partial charge < -0.3 is 15.2 Å². The van der Waals surface area contributed by atoms with Crippen LogP contribution in [-0.2, 0) is 9.53 Å². The number of amides is 1. The molecule has 0 aromatic heterocycles. The minimum atomic E-state index is -0.158. The predicted octanol–water partition coefficient (Wildman–Crippen LogP) is 1.33. The molecular formula is C12H25NO3. The van der Waals surface area contributed by atoms with Crippen LogP contribution in [0.25, 0.3) is 0 Å². The molecule has 0 aromatic rings. The lowest BCUT2D eigenvalue weighted by Gasteiger charge is -2.25. The van der Waals surface area contributed by atoms with Gasteiger partial charge in [-0.05, 0) is 18.8 Å². The van der Waals surface area contributed by atoms with Gasteiger partial charge in [-0.3, -0.25) is 4.79 Å². The van der Waals surface area contributed by atoms with Crippen molar-refractivity contribution in [2.75, 3.05) is 19.8 Å². The topological polar surface area (TPSA) is 58.6 Å². The molecular weight excluding hydrogens is 206 g/mol. The molecule has 16 heavy (non-hydrogen) atoms. The summed E-state index contributed by atoms with van der Waals surface area (Å²) in [5.41, 5.74) is 0.0978. The van der Waals surface area contributed by atoms with E-state index >= 15 is 0 Å².